The Bertz CT molecular complexity index is 407. The molecule has 5 heteroatoms. The van der Waals surface area contributed by atoms with Crippen molar-refractivity contribution < 1.29 is 14.3 Å². The van der Waals surface area contributed by atoms with Crippen LogP contribution in [0, 0.1) is 5.92 Å². The average molecular weight is 252 g/mol. The van der Waals surface area contributed by atoms with Gasteiger partial charge in [0.05, 0.1) is 19.6 Å². The number of rotatable bonds is 7. The molecular formula is C13H20N2O3. The summed E-state index contributed by atoms with van der Waals surface area (Å²) in [4.78, 5) is 10.9. The van der Waals surface area contributed by atoms with Crippen LogP contribution < -0.4 is 20.5 Å². The van der Waals surface area contributed by atoms with Crippen molar-refractivity contribution in [2.24, 2.45) is 11.7 Å². The van der Waals surface area contributed by atoms with Crippen LogP contribution >= 0.6 is 0 Å². The van der Waals surface area contributed by atoms with E-state index in [1.54, 1.807) is 14.0 Å². The number of primary amides is 1. The van der Waals surface area contributed by atoms with Crippen molar-refractivity contribution in [2.75, 3.05) is 20.8 Å². The standard InChI is InChI=1S/C13H20N2O3/c1-9(13(14)16)8-18-11-5-4-10(7-15-2)6-12(11)17-3/h4-6,9,15H,7-8H2,1-3H3,(H2,14,16). The van der Waals surface area contributed by atoms with Gasteiger partial charge >= 0.3 is 0 Å². The maximum absolute atomic E-state index is 10.9. The molecule has 0 radical (unpaired) electrons. The van der Waals surface area contributed by atoms with Gasteiger partial charge in [-0.25, -0.2) is 0 Å². The summed E-state index contributed by atoms with van der Waals surface area (Å²) in [6, 6.07) is 5.68. The van der Waals surface area contributed by atoms with Crippen molar-refractivity contribution in [1.82, 2.24) is 5.32 Å². The third kappa shape index (κ3) is 3.92. The lowest BCUT2D eigenvalue weighted by molar-refractivity contribution is -0.122. The molecule has 1 rings (SSSR count). The first-order valence-electron chi connectivity index (χ1n) is 5.82. The van der Waals surface area contributed by atoms with Crippen LogP contribution in [0.1, 0.15) is 12.5 Å². The molecule has 0 saturated heterocycles. The van der Waals surface area contributed by atoms with Gasteiger partial charge in [-0.15, -0.1) is 0 Å². The Hall–Kier alpha value is -1.75. The van der Waals surface area contributed by atoms with E-state index in [0.29, 0.717) is 11.5 Å². The van der Waals surface area contributed by atoms with Crippen LogP contribution in [0.4, 0.5) is 0 Å². The lowest BCUT2D eigenvalue weighted by Crippen LogP contribution is -2.25. The number of nitrogens with two attached hydrogens (primary N) is 1. The minimum Gasteiger partial charge on any atom is -0.493 e. The number of hydrogen-bond acceptors (Lipinski definition) is 4. The zero-order valence-electron chi connectivity index (χ0n) is 11.0. The molecular weight excluding hydrogens is 232 g/mol. The summed E-state index contributed by atoms with van der Waals surface area (Å²) < 4.78 is 10.8. The smallest absolute Gasteiger partial charge is 0.223 e. The van der Waals surface area contributed by atoms with Crippen molar-refractivity contribution in [3.8, 4) is 11.5 Å². The number of nitrogens with one attached hydrogen (secondary N) is 1. The zero-order chi connectivity index (χ0) is 13.5. The molecule has 18 heavy (non-hydrogen) atoms. The van der Waals surface area contributed by atoms with Crippen LogP contribution in [0.15, 0.2) is 18.2 Å². The van der Waals surface area contributed by atoms with Crippen molar-refractivity contribution in [3.05, 3.63) is 23.8 Å². The first-order chi connectivity index (χ1) is 8.58. The Morgan fingerprint density at radius 2 is 2.17 bits per heavy atom. The Labute approximate surface area is 107 Å². The topological polar surface area (TPSA) is 73.6 Å². The summed E-state index contributed by atoms with van der Waals surface area (Å²) in [7, 11) is 3.47. The summed E-state index contributed by atoms with van der Waals surface area (Å²) in [5, 5.41) is 3.06. The van der Waals surface area contributed by atoms with Crippen molar-refractivity contribution >= 4 is 5.91 Å². The number of carbonyl (C=O) groups excluding carboxylic acids is 1. The fraction of sp³-hybridized carbons (Fsp3) is 0.462. The molecule has 0 aliphatic heterocycles. The Kier molecular flexibility index (Phi) is 5.45. The summed E-state index contributed by atoms with van der Waals surface area (Å²) in [6.45, 7) is 2.73. The predicted octanol–water partition coefficient (Wildman–Crippen LogP) is 0.915. The fourth-order valence-corrected chi connectivity index (χ4v) is 1.44. The summed E-state index contributed by atoms with van der Waals surface area (Å²) >= 11 is 0. The van der Waals surface area contributed by atoms with E-state index >= 15 is 0 Å². The Balaban J connectivity index is 2.73. The summed E-state index contributed by atoms with van der Waals surface area (Å²) in [5.74, 6) is 0.567. The molecule has 0 saturated carbocycles. The Morgan fingerprint density at radius 3 is 2.72 bits per heavy atom. The van der Waals surface area contributed by atoms with Crippen LogP contribution in [0.3, 0.4) is 0 Å². The van der Waals surface area contributed by atoms with E-state index in [1.807, 2.05) is 25.2 Å². The highest BCUT2D eigenvalue weighted by Gasteiger charge is 2.11. The van der Waals surface area contributed by atoms with Crippen molar-refractivity contribution in [1.29, 1.82) is 0 Å². The van der Waals surface area contributed by atoms with E-state index in [0.717, 1.165) is 12.1 Å². The maximum atomic E-state index is 10.9. The molecule has 0 heterocycles. The van der Waals surface area contributed by atoms with E-state index in [4.69, 9.17) is 15.2 Å². The fourth-order valence-electron chi connectivity index (χ4n) is 1.44. The molecule has 1 atom stereocenters. The van der Waals surface area contributed by atoms with Gasteiger partial charge in [0.25, 0.3) is 0 Å². The van der Waals surface area contributed by atoms with Crippen LogP contribution in [0.2, 0.25) is 0 Å². The molecule has 0 bridgehead atoms. The van der Waals surface area contributed by atoms with Gasteiger partial charge in [-0.2, -0.15) is 0 Å². The Morgan fingerprint density at radius 1 is 1.44 bits per heavy atom. The molecule has 1 aromatic rings. The van der Waals surface area contributed by atoms with Gasteiger partial charge in [-0.05, 0) is 24.7 Å². The van der Waals surface area contributed by atoms with E-state index in [2.05, 4.69) is 5.32 Å². The second kappa shape index (κ2) is 6.86. The first-order valence-corrected chi connectivity index (χ1v) is 5.82. The number of benzene rings is 1. The number of carbonyl (C=O) groups is 1. The molecule has 100 valence electrons. The van der Waals surface area contributed by atoms with Gasteiger partial charge in [0.1, 0.15) is 0 Å². The molecule has 1 amide bonds. The van der Waals surface area contributed by atoms with Gasteiger partial charge < -0.3 is 20.5 Å². The summed E-state index contributed by atoms with van der Waals surface area (Å²) in [5.41, 5.74) is 6.28. The van der Waals surface area contributed by atoms with Crippen LogP contribution in [-0.4, -0.2) is 26.7 Å². The van der Waals surface area contributed by atoms with Gasteiger partial charge in [0, 0.05) is 6.54 Å². The lowest BCUT2D eigenvalue weighted by Gasteiger charge is -2.14. The third-order valence-corrected chi connectivity index (χ3v) is 2.58. The third-order valence-electron chi connectivity index (χ3n) is 2.58. The molecule has 0 aromatic heterocycles. The predicted molar refractivity (Wildman–Crippen MR) is 69.6 cm³/mol. The highest BCUT2D eigenvalue weighted by molar-refractivity contribution is 5.76. The molecule has 0 aliphatic carbocycles. The van der Waals surface area contributed by atoms with Gasteiger partial charge in [-0.1, -0.05) is 13.0 Å². The highest BCUT2D eigenvalue weighted by Crippen LogP contribution is 2.28. The highest BCUT2D eigenvalue weighted by atomic mass is 16.5. The minimum absolute atomic E-state index is 0.247. The molecule has 0 fully saturated rings. The average Bonchev–Trinajstić information content (AvgIpc) is 2.36. The van der Waals surface area contributed by atoms with Crippen molar-refractivity contribution in [3.63, 3.8) is 0 Å². The number of hydrogen-bond donors (Lipinski definition) is 2. The SMILES string of the molecule is CNCc1ccc(OCC(C)C(N)=O)c(OC)c1. The number of ether oxygens (including phenoxy) is 2. The molecule has 1 unspecified atom stereocenters. The second-order valence-electron chi connectivity index (χ2n) is 4.13. The monoisotopic (exact) mass is 252 g/mol. The molecule has 1 aromatic carbocycles. The normalized spacial score (nSPS) is 11.9. The van der Waals surface area contributed by atoms with Gasteiger partial charge in [0.2, 0.25) is 5.91 Å². The zero-order valence-corrected chi connectivity index (χ0v) is 11.0. The molecule has 0 spiro atoms. The number of methoxy groups -OCH3 is 1. The maximum Gasteiger partial charge on any atom is 0.223 e. The molecule has 5 nitrogen and oxygen atoms in total. The van der Waals surface area contributed by atoms with Gasteiger partial charge in [-0.3, -0.25) is 4.79 Å². The van der Waals surface area contributed by atoms with E-state index < -0.39 is 0 Å². The largest absolute Gasteiger partial charge is 0.493 e. The van der Waals surface area contributed by atoms with Crippen molar-refractivity contribution in [2.45, 2.75) is 13.5 Å². The lowest BCUT2D eigenvalue weighted by atomic mass is 10.2. The molecule has 3 N–H and O–H groups in total. The van der Waals surface area contributed by atoms with Crippen LogP contribution in [0.25, 0.3) is 0 Å². The van der Waals surface area contributed by atoms with E-state index in [-0.39, 0.29) is 18.4 Å². The van der Waals surface area contributed by atoms with E-state index in [9.17, 15) is 4.79 Å². The number of amides is 1. The quantitative estimate of drug-likeness (QED) is 0.756. The first kappa shape index (κ1) is 14.3. The van der Waals surface area contributed by atoms with Crippen LogP contribution in [0.5, 0.6) is 11.5 Å². The van der Waals surface area contributed by atoms with Gasteiger partial charge in [0.15, 0.2) is 11.5 Å². The van der Waals surface area contributed by atoms with E-state index in [1.165, 1.54) is 0 Å². The van der Waals surface area contributed by atoms with Crippen LogP contribution in [-0.2, 0) is 11.3 Å². The summed E-state index contributed by atoms with van der Waals surface area (Å²) in [6.07, 6.45) is 0. The minimum atomic E-state index is -0.374. The molecule has 0 aliphatic rings. The second-order valence-corrected chi connectivity index (χ2v) is 4.13.